The second-order valence-electron chi connectivity index (χ2n) is 6.48. The summed E-state index contributed by atoms with van der Waals surface area (Å²) >= 11 is 0. The number of carbonyl (C=O) groups is 1. The zero-order valence-corrected chi connectivity index (χ0v) is 14.6. The maximum atomic E-state index is 12.0. The molecule has 0 bridgehead atoms. The van der Waals surface area contributed by atoms with Crippen molar-refractivity contribution >= 4 is 11.9 Å². The van der Waals surface area contributed by atoms with Crippen molar-refractivity contribution in [1.29, 1.82) is 0 Å². The van der Waals surface area contributed by atoms with Crippen LogP contribution >= 0.6 is 0 Å². The monoisotopic (exact) mass is 316 g/mol. The molecule has 5 nitrogen and oxygen atoms in total. The number of nitrogens with zero attached hydrogens (tertiary/aromatic N) is 2. The zero-order valence-electron chi connectivity index (χ0n) is 14.6. The summed E-state index contributed by atoms with van der Waals surface area (Å²) in [6, 6.07) is 8.73. The predicted molar refractivity (Wildman–Crippen MR) is 94.3 cm³/mol. The van der Waals surface area contributed by atoms with Gasteiger partial charge in [0, 0.05) is 38.6 Å². The van der Waals surface area contributed by atoms with E-state index in [1.807, 2.05) is 18.7 Å². The Labute approximate surface area is 139 Å². The van der Waals surface area contributed by atoms with Gasteiger partial charge in [0.05, 0.1) is 0 Å². The van der Waals surface area contributed by atoms with Crippen LogP contribution in [0.3, 0.4) is 0 Å². The van der Waals surface area contributed by atoms with Crippen molar-refractivity contribution in [3.8, 4) is 0 Å². The van der Waals surface area contributed by atoms with Gasteiger partial charge in [-0.25, -0.2) is 0 Å². The Balaban J connectivity index is 1.81. The molecule has 1 saturated heterocycles. The van der Waals surface area contributed by atoms with Crippen molar-refractivity contribution < 1.29 is 4.79 Å². The van der Waals surface area contributed by atoms with E-state index in [1.54, 1.807) is 7.05 Å². The van der Waals surface area contributed by atoms with Gasteiger partial charge in [-0.2, -0.15) is 0 Å². The Hall–Kier alpha value is -2.04. The molecule has 0 saturated carbocycles. The van der Waals surface area contributed by atoms with E-state index in [4.69, 9.17) is 0 Å². The predicted octanol–water partition coefficient (Wildman–Crippen LogP) is 1.92. The Morgan fingerprint density at radius 1 is 1.35 bits per heavy atom. The minimum absolute atomic E-state index is 0.0627. The van der Waals surface area contributed by atoms with Crippen LogP contribution in [0.15, 0.2) is 29.3 Å². The number of aryl methyl sites for hydroxylation is 1. The normalized spacial score (nSPS) is 18.4. The lowest BCUT2D eigenvalue weighted by Gasteiger charge is -2.20. The lowest BCUT2D eigenvalue weighted by Crippen LogP contribution is -2.45. The summed E-state index contributed by atoms with van der Waals surface area (Å²) in [6.07, 6.45) is 0.962. The molecule has 1 aliphatic heterocycles. The fourth-order valence-electron chi connectivity index (χ4n) is 2.72. The van der Waals surface area contributed by atoms with E-state index in [-0.39, 0.29) is 17.9 Å². The molecule has 2 rings (SSSR count). The standard InChI is InChI=1S/C18H28N4O/c1-13(2)17(23)22-10-9-16(12-22)21-18(19-4)20-11-15-7-5-14(3)6-8-15/h5-8,13,16H,9-12H2,1-4H3,(H2,19,20,21). The second kappa shape index (κ2) is 7.99. The minimum Gasteiger partial charge on any atom is -0.352 e. The number of guanidine groups is 1. The number of amides is 1. The molecule has 5 heteroatoms. The van der Waals surface area contributed by atoms with Gasteiger partial charge in [-0.3, -0.25) is 9.79 Å². The van der Waals surface area contributed by atoms with Crippen molar-refractivity contribution in [3.05, 3.63) is 35.4 Å². The van der Waals surface area contributed by atoms with Gasteiger partial charge in [-0.15, -0.1) is 0 Å². The highest BCUT2D eigenvalue weighted by molar-refractivity contribution is 5.81. The van der Waals surface area contributed by atoms with Crippen LogP contribution in [0.1, 0.15) is 31.4 Å². The average Bonchev–Trinajstić information content (AvgIpc) is 3.00. The summed E-state index contributed by atoms with van der Waals surface area (Å²) in [6.45, 7) is 8.30. The van der Waals surface area contributed by atoms with Gasteiger partial charge in [0.15, 0.2) is 5.96 Å². The SMILES string of the molecule is CN=C(NCc1ccc(C)cc1)NC1CCN(C(=O)C(C)C)C1. The minimum atomic E-state index is 0.0627. The molecule has 1 heterocycles. The summed E-state index contributed by atoms with van der Waals surface area (Å²) in [5.74, 6) is 1.08. The van der Waals surface area contributed by atoms with Crippen LogP contribution in [-0.4, -0.2) is 42.9 Å². The van der Waals surface area contributed by atoms with Crippen molar-refractivity contribution in [2.75, 3.05) is 20.1 Å². The lowest BCUT2D eigenvalue weighted by atomic mass is 10.1. The van der Waals surface area contributed by atoms with Gasteiger partial charge in [0.1, 0.15) is 0 Å². The fourth-order valence-corrected chi connectivity index (χ4v) is 2.72. The fraction of sp³-hybridized carbons (Fsp3) is 0.556. The molecule has 1 unspecified atom stereocenters. The largest absolute Gasteiger partial charge is 0.352 e. The van der Waals surface area contributed by atoms with Gasteiger partial charge >= 0.3 is 0 Å². The maximum absolute atomic E-state index is 12.0. The number of carbonyl (C=O) groups excluding carboxylic acids is 1. The smallest absolute Gasteiger partial charge is 0.225 e. The van der Waals surface area contributed by atoms with E-state index in [0.717, 1.165) is 32.0 Å². The van der Waals surface area contributed by atoms with Crippen molar-refractivity contribution in [3.63, 3.8) is 0 Å². The first kappa shape index (κ1) is 17.3. The number of aliphatic imine (C=N–C) groups is 1. The zero-order chi connectivity index (χ0) is 16.8. The summed E-state index contributed by atoms with van der Waals surface area (Å²) < 4.78 is 0. The van der Waals surface area contributed by atoms with Crippen LogP contribution in [0.5, 0.6) is 0 Å². The molecule has 1 amide bonds. The highest BCUT2D eigenvalue weighted by Gasteiger charge is 2.27. The molecule has 1 aromatic carbocycles. The topological polar surface area (TPSA) is 56.7 Å². The Morgan fingerprint density at radius 2 is 2.04 bits per heavy atom. The molecule has 0 aliphatic carbocycles. The molecular formula is C18H28N4O. The van der Waals surface area contributed by atoms with E-state index in [9.17, 15) is 4.79 Å². The molecule has 0 spiro atoms. The molecule has 126 valence electrons. The number of benzene rings is 1. The highest BCUT2D eigenvalue weighted by Crippen LogP contribution is 2.12. The Morgan fingerprint density at radius 3 is 2.65 bits per heavy atom. The molecule has 1 atom stereocenters. The third kappa shape index (κ3) is 4.98. The summed E-state index contributed by atoms with van der Waals surface area (Å²) in [5.41, 5.74) is 2.48. The second-order valence-corrected chi connectivity index (χ2v) is 6.48. The number of hydrogen-bond donors (Lipinski definition) is 2. The van der Waals surface area contributed by atoms with Crippen LogP contribution < -0.4 is 10.6 Å². The molecule has 1 fully saturated rings. The van der Waals surface area contributed by atoms with E-state index in [0.29, 0.717) is 0 Å². The molecule has 1 aliphatic rings. The molecular weight excluding hydrogens is 288 g/mol. The van der Waals surface area contributed by atoms with Gasteiger partial charge in [0.2, 0.25) is 5.91 Å². The van der Waals surface area contributed by atoms with Crippen LogP contribution in [0, 0.1) is 12.8 Å². The highest BCUT2D eigenvalue weighted by atomic mass is 16.2. The molecule has 1 aromatic rings. The molecule has 2 N–H and O–H groups in total. The Kier molecular flexibility index (Phi) is 6.02. The van der Waals surface area contributed by atoms with Gasteiger partial charge < -0.3 is 15.5 Å². The van der Waals surface area contributed by atoms with Gasteiger partial charge in [-0.05, 0) is 18.9 Å². The number of hydrogen-bond acceptors (Lipinski definition) is 2. The first-order valence-corrected chi connectivity index (χ1v) is 8.31. The lowest BCUT2D eigenvalue weighted by molar-refractivity contribution is -0.133. The number of likely N-dealkylation sites (tertiary alicyclic amines) is 1. The van der Waals surface area contributed by atoms with Gasteiger partial charge in [-0.1, -0.05) is 43.7 Å². The summed E-state index contributed by atoms with van der Waals surface area (Å²) in [4.78, 5) is 18.3. The Bertz CT molecular complexity index is 551. The number of rotatable bonds is 4. The first-order valence-electron chi connectivity index (χ1n) is 8.31. The van der Waals surface area contributed by atoms with Crippen molar-refractivity contribution in [2.45, 2.75) is 39.8 Å². The maximum Gasteiger partial charge on any atom is 0.225 e. The first-order chi connectivity index (χ1) is 11.0. The van der Waals surface area contributed by atoms with Crippen LogP contribution in [0.25, 0.3) is 0 Å². The van der Waals surface area contributed by atoms with Gasteiger partial charge in [0.25, 0.3) is 0 Å². The quantitative estimate of drug-likeness (QED) is 0.659. The van der Waals surface area contributed by atoms with Crippen molar-refractivity contribution in [1.82, 2.24) is 15.5 Å². The van der Waals surface area contributed by atoms with E-state index in [1.165, 1.54) is 11.1 Å². The van der Waals surface area contributed by atoms with Crippen molar-refractivity contribution in [2.24, 2.45) is 10.9 Å². The summed E-state index contributed by atoms with van der Waals surface area (Å²) in [5, 5.41) is 6.75. The van der Waals surface area contributed by atoms with E-state index < -0.39 is 0 Å². The average molecular weight is 316 g/mol. The van der Waals surface area contributed by atoms with Crippen LogP contribution in [0.2, 0.25) is 0 Å². The third-order valence-electron chi connectivity index (χ3n) is 4.14. The third-order valence-corrected chi connectivity index (χ3v) is 4.14. The molecule has 0 radical (unpaired) electrons. The van der Waals surface area contributed by atoms with Crippen LogP contribution in [0.4, 0.5) is 0 Å². The van der Waals surface area contributed by atoms with Crippen LogP contribution in [-0.2, 0) is 11.3 Å². The molecule has 0 aromatic heterocycles. The number of nitrogens with one attached hydrogen (secondary N) is 2. The molecule has 23 heavy (non-hydrogen) atoms. The van der Waals surface area contributed by atoms with E-state index in [2.05, 4.69) is 46.8 Å². The van der Waals surface area contributed by atoms with E-state index >= 15 is 0 Å². The summed E-state index contributed by atoms with van der Waals surface area (Å²) in [7, 11) is 1.77.